The summed E-state index contributed by atoms with van der Waals surface area (Å²) in [7, 11) is 0. The van der Waals surface area contributed by atoms with Gasteiger partial charge in [-0.15, -0.1) is 11.3 Å². The summed E-state index contributed by atoms with van der Waals surface area (Å²) >= 11 is 1.71. The standard InChI is InChI=1S/C9H7OS/c1-3-8(10-5-1)7-9-4-2-6-11-9/h1-7H. The second-order valence-corrected chi connectivity index (χ2v) is 3.15. The minimum absolute atomic E-state index is 0.910. The first kappa shape index (κ1) is 6.68. The average molecular weight is 163 g/mol. The lowest BCUT2D eigenvalue weighted by Crippen LogP contribution is -1.73. The van der Waals surface area contributed by atoms with Gasteiger partial charge in [0.15, 0.2) is 0 Å². The molecule has 2 heteroatoms. The van der Waals surface area contributed by atoms with Crippen LogP contribution in [0.3, 0.4) is 0 Å². The molecule has 0 aliphatic heterocycles. The summed E-state index contributed by atoms with van der Waals surface area (Å²) in [5.74, 6) is 0.910. The monoisotopic (exact) mass is 163 g/mol. The Kier molecular flexibility index (Phi) is 1.78. The van der Waals surface area contributed by atoms with Crippen LogP contribution in [0, 0.1) is 6.42 Å². The fourth-order valence-electron chi connectivity index (χ4n) is 0.887. The zero-order valence-corrected chi connectivity index (χ0v) is 6.67. The highest BCUT2D eigenvalue weighted by Crippen LogP contribution is 2.16. The molecule has 0 bridgehead atoms. The van der Waals surface area contributed by atoms with Crippen LogP contribution in [0.4, 0.5) is 0 Å². The van der Waals surface area contributed by atoms with E-state index in [4.69, 9.17) is 4.42 Å². The third-order valence-corrected chi connectivity index (χ3v) is 2.19. The van der Waals surface area contributed by atoms with Crippen molar-refractivity contribution in [3.05, 3.63) is 53.0 Å². The lowest BCUT2D eigenvalue weighted by Gasteiger charge is -1.88. The fourth-order valence-corrected chi connectivity index (χ4v) is 1.54. The van der Waals surface area contributed by atoms with E-state index in [1.165, 1.54) is 4.88 Å². The van der Waals surface area contributed by atoms with Gasteiger partial charge in [0.05, 0.1) is 12.7 Å². The third-order valence-electron chi connectivity index (χ3n) is 1.37. The van der Waals surface area contributed by atoms with Crippen LogP contribution < -0.4 is 0 Å². The predicted molar refractivity (Wildman–Crippen MR) is 45.5 cm³/mol. The molecule has 0 saturated carbocycles. The molecule has 1 radical (unpaired) electrons. The van der Waals surface area contributed by atoms with Crippen molar-refractivity contribution in [2.75, 3.05) is 0 Å². The Bertz CT molecular complexity index is 262. The van der Waals surface area contributed by atoms with Crippen molar-refractivity contribution in [3.8, 4) is 0 Å². The van der Waals surface area contributed by atoms with Gasteiger partial charge in [0.2, 0.25) is 0 Å². The first-order chi connectivity index (χ1) is 5.45. The van der Waals surface area contributed by atoms with Crippen molar-refractivity contribution in [1.29, 1.82) is 0 Å². The Morgan fingerprint density at radius 1 is 1.27 bits per heavy atom. The maximum absolute atomic E-state index is 5.16. The molecular formula is C9H7OS. The van der Waals surface area contributed by atoms with Gasteiger partial charge in [-0.3, -0.25) is 0 Å². The van der Waals surface area contributed by atoms with Crippen LogP contribution in [0.25, 0.3) is 0 Å². The SMILES string of the molecule is [CH](c1ccco1)c1cccs1. The Morgan fingerprint density at radius 3 is 2.91 bits per heavy atom. The van der Waals surface area contributed by atoms with E-state index in [0.717, 1.165) is 5.76 Å². The Morgan fingerprint density at radius 2 is 2.27 bits per heavy atom. The van der Waals surface area contributed by atoms with Gasteiger partial charge in [0.1, 0.15) is 5.76 Å². The molecule has 0 atom stereocenters. The number of hydrogen-bond acceptors (Lipinski definition) is 2. The molecule has 0 amide bonds. The largest absolute Gasteiger partial charge is 0.469 e. The van der Waals surface area contributed by atoms with Crippen molar-refractivity contribution in [1.82, 2.24) is 0 Å². The number of furan rings is 1. The minimum atomic E-state index is 0.910. The lowest BCUT2D eigenvalue weighted by molar-refractivity contribution is 0.543. The van der Waals surface area contributed by atoms with E-state index >= 15 is 0 Å². The van der Waals surface area contributed by atoms with E-state index in [-0.39, 0.29) is 0 Å². The molecule has 2 rings (SSSR count). The summed E-state index contributed by atoms with van der Waals surface area (Å²) in [5.41, 5.74) is 0. The molecule has 0 aliphatic rings. The van der Waals surface area contributed by atoms with Gasteiger partial charge in [-0.1, -0.05) is 6.07 Å². The normalized spacial score (nSPS) is 10.2. The van der Waals surface area contributed by atoms with E-state index in [2.05, 4.69) is 11.4 Å². The average Bonchev–Trinajstić information content (AvgIpc) is 2.60. The smallest absolute Gasteiger partial charge is 0.113 e. The van der Waals surface area contributed by atoms with Gasteiger partial charge < -0.3 is 4.42 Å². The summed E-state index contributed by atoms with van der Waals surface area (Å²) < 4.78 is 5.16. The minimum Gasteiger partial charge on any atom is -0.469 e. The molecule has 0 fully saturated rings. The lowest BCUT2D eigenvalue weighted by atomic mass is 10.3. The predicted octanol–water partition coefficient (Wildman–Crippen LogP) is 2.94. The quantitative estimate of drug-likeness (QED) is 0.663. The molecule has 0 spiro atoms. The Hall–Kier alpha value is -1.02. The molecule has 2 aromatic rings. The molecule has 1 nitrogen and oxygen atoms in total. The second kappa shape index (κ2) is 2.93. The van der Waals surface area contributed by atoms with E-state index < -0.39 is 0 Å². The van der Waals surface area contributed by atoms with Crippen molar-refractivity contribution >= 4 is 11.3 Å². The zero-order valence-electron chi connectivity index (χ0n) is 5.86. The Labute approximate surface area is 69.3 Å². The van der Waals surface area contributed by atoms with Gasteiger partial charge in [-0.2, -0.15) is 0 Å². The number of thiophene rings is 1. The highest BCUT2D eigenvalue weighted by Gasteiger charge is 1.98. The molecule has 2 aromatic heterocycles. The summed E-state index contributed by atoms with van der Waals surface area (Å²) in [6, 6.07) is 7.92. The van der Waals surface area contributed by atoms with Crippen LogP contribution in [-0.4, -0.2) is 0 Å². The van der Waals surface area contributed by atoms with Gasteiger partial charge in [-0.25, -0.2) is 0 Å². The van der Waals surface area contributed by atoms with Crippen molar-refractivity contribution in [2.45, 2.75) is 0 Å². The molecule has 0 N–H and O–H groups in total. The van der Waals surface area contributed by atoms with E-state index in [1.54, 1.807) is 17.6 Å². The molecule has 0 unspecified atom stereocenters. The van der Waals surface area contributed by atoms with E-state index in [9.17, 15) is 0 Å². The van der Waals surface area contributed by atoms with Gasteiger partial charge in [-0.05, 0) is 23.6 Å². The topological polar surface area (TPSA) is 13.1 Å². The van der Waals surface area contributed by atoms with Crippen LogP contribution in [0.2, 0.25) is 0 Å². The molecule has 55 valence electrons. The Balaban J connectivity index is 2.14. The van der Waals surface area contributed by atoms with Gasteiger partial charge >= 0.3 is 0 Å². The molecule has 0 aliphatic carbocycles. The second-order valence-electron chi connectivity index (χ2n) is 2.18. The van der Waals surface area contributed by atoms with Gasteiger partial charge in [0, 0.05) is 4.88 Å². The van der Waals surface area contributed by atoms with E-state index in [0.29, 0.717) is 0 Å². The number of hydrogen-bond donors (Lipinski definition) is 0. The van der Waals surface area contributed by atoms with Crippen LogP contribution in [-0.2, 0) is 0 Å². The van der Waals surface area contributed by atoms with Crippen molar-refractivity contribution < 1.29 is 4.42 Å². The summed E-state index contributed by atoms with van der Waals surface area (Å²) in [6.07, 6.45) is 3.70. The molecule has 0 saturated heterocycles. The van der Waals surface area contributed by atoms with Crippen LogP contribution in [0.1, 0.15) is 10.6 Å². The van der Waals surface area contributed by atoms with Crippen LogP contribution in [0.15, 0.2) is 40.3 Å². The van der Waals surface area contributed by atoms with Crippen molar-refractivity contribution in [3.63, 3.8) is 0 Å². The number of rotatable bonds is 2. The van der Waals surface area contributed by atoms with Crippen LogP contribution in [0.5, 0.6) is 0 Å². The maximum Gasteiger partial charge on any atom is 0.113 e. The van der Waals surface area contributed by atoms with Crippen molar-refractivity contribution in [2.24, 2.45) is 0 Å². The molecule has 2 heterocycles. The zero-order chi connectivity index (χ0) is 7.52. The third kappa shape index (κ3) is 1.52. The molecule has 11 heavy (non-hydrogen) atoms. The highest BCUT2D eigenvalue weighted by molar-refractivity contribution is 7.10. The van der Waals surface area contributed by atoms with E-state index in [1.807, 2.05) is 24.6 Å². The summed E-state index contributed by atoms with van der Waals surface area (Å²) in [6.45, 7) is 0. The van der Waals surface area contributed by atoms with Gasteiger partial charge in [0.25, 0.3) is 0 Å². The fraction of sp³-hybridized carbons (Fsp3) is 0. The first-order valence-electron chi connectivity index (χ1n) is 3.37. The highest BCUT2D eigenvalue weighted by atomic mass is 32.1. The first-order valence-corrected chi connectivity index (χ1v) is 4.25. The summed E-state index contributed by atoms with van der Waals surface area (Å²) in [4.78, 5) is 1.22. The summed E-state index contributed by atoms with van der Waals surface area (Å²) in [5, 5.41) is 2.05. The molecular weight excluding hydrogens is 156 g/mol. The molecule has 0 aromatic carbocycles. The van der Waals surface area contributed by atoms with Crippen LogP contribution >= 0.6 is 11.3 Å². The maximum atomic E-state index is 5.16.